The highest BCUT2D eigenvalue weighted by molar-refractivity contribution is 5.15. The normalized spacial score (nSPS) is 17.9. The summed E-state index contributed by atoms with van der Waals surface area (Å²) in [7, 11) is 4.12. The van der Waals surface area contributed by atoms with E-state index in [1.807, 2.05) is 0 Å². The molecule has 0 atom stereocenters. The van der Waals surface area contributed by atoms with Crippen molar-refractivity contribution < 1.29 is 0 Å². The first kappa shape index (κ1) is 10.6. The zero-order chi connectivity index (χ0) is 9.90. The predicted octanol–water partition coefficient (Wildman–Crippen LogP) is 0.850. The second kappa shape index (κ2) is 4.13. The van der Waals surface area contributed by atoms with Gasteiger partial charge in [-0.25, -0.2) is 0 Å². The van der Waals surface area contributed by atoms with Crippen molar-refractivity contribution in [3.8, 4) is 11.8 Å². The van der Waals surface area contributed by atoms with Gasteiger partial charge < -0.3 is 0 Å². The van der Waals surface area contributed by atoms with Crippen molar-refractivity contribution in [3.63, 3.8) is 0 Å². The van der Waals surface area contributed by atoms with Crippen LogP contribution in [0.5, 0.6) is 0 Å². The van der Waals surface area contributed by atoms with E-state index < -0.39 is 0 Å². The standard InChI is InChI=1S/C11H19N2/c1-11(2,12(3)4)7-5-8-13-9-6-10-13/h6H,8-10H2,1-4H3. The molecule has 1 aliphatic heterocycles. The summed E-state index contributed by atoms with van der Waals surface area (Å²) >= 11 is 0. The quantitative estimate of drug-likeness (QED) is 0.580. The van der Waals surface area contributed by atoms with Gasteiger partial charge in [0.15, 0.2) is 0 Å². The Kier molecular flexibility index (Phi) is 3.35. The van der Waals surface area contributed by atoms with Crippen LogP contribution in [0.25, 0.3) is 0 Å². The maximum atomic E-state index is 3.28. The molecule has 1 aliphatic rings. The van der Waals surface area contributed by atoms with Crippen molar-refractivity contribution in [2.24, 2.45) is 0 Å². The topological polar surface area (TPSA) is 6.48 Å². The van der Waals surface area contributed by atoms with E-state index in [2.05, 4.69) is 56.0 Å². The fraction of sp³-hybridized carbons (Fsp3) is 0.727. The van der Waals surface area contributed by atoms with Crippen LogP contribution in [0.15, 0.2) is 0 Å². The molecule has 0 aliphatic carbocycles. The minimum Gasteiger partial charge on any atom is -0.294 e. The Labute approximate surface area is 81.9 Å². The molecular weight excluding hydrogens is 160 g/mol. The van der Waals surface area contributed by atoms with E-state index in [4.69, 9.17) is 0 Å². The smallest absolute Gasteiger partial charge is 0.0764 e. The number of likely N-dealkylation sites (tertiary alicyclic amines) is 1. The summed E-state index contributed by atoms with van der Waals surface area (Å²) < 4.78 is 0. The lowest BCUT2D eigenvalue weighted by molar-refractivity contribution is 0.260. The predicted molar refractivity (Wildman–Crippen MR) is 56.3 cm³/mol. The first-order chi connectivity index (χ1) is 6.02. The monoisotopic (exact) mass is 179 g/mol. The Bertz CT molecular complexity index is 216. The summed E-state index contributed by atoms with van der Waals surface area (Å²) in [6.45, 7) is 7.41. The molecule has 0 saturated carbocycles. The third kappa shape index (κ3) is 3.02. The summed E-state index contributed by atoms with van der Waals surface area (Å²) in [4.78, 5) is 4.46. The van der Waals surface area contributed by atoms with Crippen LogP contribution in [0.2, 0.25) is 0 Å². The van der Waals surface area contributed by atoms with Crippen LogP contribution in [0.1, 0.15) is 13.8 Å². The molecule has 0 aromatic rings. The van der Waals surface area contributed by atoms with Crippen molar-refractivity contribution in [3.05, 3.63) is 6.42 Å². The van der Waals surface area contributed by atoms with Gasteiger partial charge in [-0.2, -0.15) is 0 Å². The largest absolute Gasteiger partial charge is 0.294 e. The highest BCUT2D eigenvalue weighted by Crippen LogP contribution is 2.07. The molecule has 0 amide bonds. The summed E-state index contributed by atoms with van der Waals surface area (Å²) in [5.74, 6) is 6.50. The molecule has 2 heteroatoms. The molecule has 0 N–H and O–H groups in total. The molecule has 73 valence electrons. The average Bonchev–Trinajstić information content (AvgIpc) is 1.94. The van der Waals surface area contributed by atoms with Crippen molar-refractivity contribution in [2.45, 2.75) is 19.4 Å². The lowest BCUT2D eigenvalue weighted by Gasteiger charge is -2.29. The van der Waals surface area contributed by atoms with Gasteiger partial charge in [0.1, 0.15) is 0 Å². The molecule has 1 fully saturated rings. The molecular formula is C11H19N2. The fourth-order valence-electron chi connectivity index (χ4n) is 0.920. The third-order valence-electron chi connectivity index (χ3n) is 2.59. The minimum absolute atomic E-state index is 0.00538. The average molecular weight is 179 g/mol. The number of hydrogen-bond acceptors (Lipinski definition) is 2. The Hall–Kier alpha value is -0.520. The maximum absolute atomic E-state index is 3.28. The van der Waals surface area contributed by atoms with Gasteiger partial charge in [-0.3, -0.25) is 9.80 Å². The van der Waals surface area contributed by atoms with Gasteiger partial charge in [-0.05, 0) is 34.4 Å². The second-order valence-electron chi connectivity index (χ2n) is 4.24. The van der Waals surface area contributed by atoms with Crippen molar-refractivity contribution in [1.82, 2.24) is 9.80 Å². The van der Waals surface area contributed by atoms with E-state index in [1.54, 1.807) is 0 Å². The van der Waals surface area contributed by atoms with Gasteiger partial charge in [0, 0.05) is 13.1 Å². The zero-order valence-electron chi connectivity index (χ0n) is 9.09. The van der Waals surface area contributed by atoms with E-state index in [-0.39, 0.29) is 5.54 Å². The van der Waals surface area contributed by atoms with Gasteiger partial charge in [0.25, 0.3) is 0 Å². The zero-order valence-corrected chi connectivity index (χ0v) is 9.09. The Morgan fingerprint density at radius 3 is 2.38 bits per heavy atom. The number of nitrogens with zero attached hydrogens (tertiary/aromatic N) is 2. The fourth-order valence-corrected chi connectivity index (χ4v) is 0.920. The molecule has 0 aromatic carbocycles. The highest BCUT2D eigenvalue weighted by Gasteiger charge is 2.17. The van der Waals surface area contributed by atoms with Gasteiger partial charge in [0.05, 0.1) is 12.1 Å². The first-order valence-corrected chi connectivity index (χ1v) is 4.74. The Balaban J connectivity index is 2.35. The third-order valence-corrected chi connectivity index (χ3v) is 2.59. The molecule has 1 heterocycles. The molecule has 2 nitrogen and oxygen atoms in total. The molecule has 13 heavy (non-hydrogen) atoms. The van der Waals surface area contributed by atoms with E-state index in [0.29, 0.717) is 0 Å². The van der Waals surface area contributed by atoms with Gasteiger partial charge in [-0.1, -0.05) is 11.8 Å². The van der Waals surface area contributed by atoms with E-state index in [0.717, 1.165) is 19.6 Å². The van der Waals surface area contributed by atoms with Crippen molar-refractivity contribution in [2.75, 3.05) is 33.7 Å². The Morgan fingerprint density at radius 2 is 2.00 bits per heavy atom. The molecule has 1 rings (SSSR count). The van der Waals surface area contributed by atoms with Crippen LogP contribution in [0.3, 0.4) is 0 Å². The number of hydrogen-bond donors (Lipinski definition) is 0. The van der Waals surface area contributed by atoms with Gasteiger partial charge >= 0.3 is 0 Å². The summed E-state index contributed by atoms with van der Waals surface area (Å²) in [6, 6.07) is 0. The molecule has 0 aromatic heterocycles. The Morgan fingerprint density at radius 1 is 1.38 bits per heavy atom. The van der Waals surface area contributed by atoms with Crippen molar-refractivity contribution >= 4 is 0 Å². The van der Waals surface area contributed by atoms with Gasteiger partial charge in [-0.15, -0.1) is 0 Å². The molecule has 1 saturated heterocycles. The van der Waals surface area contributed by atoms with E-state index in [9.17, 15) is 0 Å². The lowest BCUT2D eigenvalue weighted by atomic mass is 10.1. The van der Waals surface area contributed by atoms with Crippen LogP contribution >= 0.6 is 0 Å². The van der Waals surface area contributed by atoms with E-state index in [1.165, 1.54) is 0 Å². The van der Waals surface area contributed by atoms with Crippen LogP contribution < -0.4 is 0 Å². The summed E-state index contributed by atoms with van der Waals surface area (Å²) in [5.41, 5.74) is -0.00538. The van der Waals surface area contributed by atoms with E-state index >= 15 is 0 Å². The molecule has 0 bridgehead atoms. The van der Waals surface area contributed by atoms with Crippen LogP contribution in [0, 0.1) is 18.3 Å². The van der Waals surface area contributed by atoms with Gasteiger partial charge in [0.2, 0.25) is 0 Å². The summed E-state index contributed by atoms with van der Waals surface area (Å²) in [5, 5.41) is 0. The maximum Gasteiger partial charge on any atom is 0.0764 e. The molecule has 0 unspecified atom stereocenters. The minimum atomic E-state index is -0.00538. The van der Waals surface area contributed by atoms with Crippen molar-refractivity contribution in [1.29, 1.82) is 0 Å². The molecule has 0 spiro atoms. The number of rotatable bonds is 2. The van der Waals surface area contributed by atoms with Crippen LogP contribution in [-0.2, 0) is 0 Å². The lowest BCUT2D eigenvalue weighted by Crippen LogP contribution is -2.39. The van der Waals surface area contributed by atoms with Crippen LogP contribution in [-0.4, -0.2) is 49.1 Å². The highest BCUT2D eigenvalue weighted by atomic mass is 15.2. The SMILES string of the molecule is CN(C)C(C)(C)C#CCN1C[CH]C1. The van der Waals surface area contributed by atoms with Crippen LogP contribution in [0.4, 0.5) is 0 Å². The first-order valence-electron chi connectivity index (χ1n) is 4.74. The summed E-state index contributed by atoms with van der Waals surface area (Å²) in [6.07, 6.45) is 2.26. The molecule has 1 radical (unpaired) electrons. The second-order valence-corrected chi connectivity index (χ2v) is 4.24.